The number of esters is 1. The molecule has 0 saturated carbocycles. The van der Waals surface area contributed by atoms with Crippen molar-refractivity contribution in [2.75, 3.05) is 0 Å². The fourth-order valence-corrected chi connectivity index (χ4v) is 3.00. The van der Waals surface area contributed by atoms with Crippen LogP contribution in [0.25, 0.3) is 0 Å². The molecule has 2 aliphatic rings. The fraction of sp³-hybridized carbons (Fsp3) is 0.353. The highest BCUT2D eigenvalue weighted by atomic mass is 16.5. The van der Waals surface area contributed by atoms with E-state index in [4.69, 9.17) is 4.74 Å². The summed E-state index contributed by atoms with van der Waals surface area (Å²) in [5.41, 5.74) is 0. The van der Waals surface area contributed by atoms with Gasteiger partial charge in [-0.3, -0.25) is 14.5 Å². The number of rotatable bonds is 3. The van der Waals surface area contributed by atoms with Crippen molar-refractivity contribution in [2.24, 2.45) is 11.8 Å². The summed E-state index contributed by atoms with van der Waals surface area (Å²) in [5.74, 6) is -1.39. The molecule has 0 N–H and O–H groups in total. The van der Waals surface area contributed by atoms with Gasteiger partial charge < -0.3 is 4.74 Å². The maximum atomic E-state index is 12.4. The number of nitrogens with zero attached hydrogens (tertiary/aromatic N) is 1. The second-order valence-corrected chi connectivity index (χ2v) is 5.61. The zero-order valence-corrected chi connectivity index (χ0v) is 12.3. The van der Waals surface area contributed by atoms with Crippen LogP contribution in [0, 0.1) is 11.8 Å². The minimum absolute atomic E-state index is 0.267. The number of carbonyl (C=O) groups excluding carboxylic acids is 3. The summed E-state index contributed by atoms with van der Waals surface area (Å²) in [6.07, 6.45) is 4.96. The van der Waals surface area contributed by atoms with Gasteiger partial charge in [-0.05, 0) is 31.9 Å². The molecule has 0 aromatic heterocycles. The number of ether oxygens (including phenoxy) is 1. The Bertz CT molecular complexity index is 611. The lowest BCUT2D eigenvalue weighted by Crippen LogP contribution is -2.45. The summed E-state index contributed by atoms with van der Waals surface area (Å²) in [5, 5.41) is 0. The van der Waals surface area contributed by atoms with Gasteiger partial charge in [-0.25, -0.2) is 4.79 Å². The molecule has 1 heterocycles. The Balaban J connectivity index is 1.74. The Morgan fingerprint density at radius 1 is 1.09 bits per heavy atom. The first kappa shape index (κ1) is 14.5. The molecule has 5 heteroatoms. The highest BCUT2D eigenvalue weighted by Gasteiger charge is 2.50. The zero-order valence-electron chi connectivity index (χ0n) is 12.3. The lowest BCUT2D eigenvalue weighted by Gasteiger charge is -2.21. The Morgan fingerprint density at radius 2 is 1.64 bits per heavy atom. The number of likely N-dealkylation sites (tertiary alicyclic amines) is 1. The van der Waals surface area contributed by atoms with Gasteiger partial charge >= 0.3 is 5.97 Å². The molecule has 1 aliphatic carbocycles. The van der Waals surface area contributed by atoms with Gasteiger partial charge in [0.25, 0.3) is 0 Å². The SMILES string of the molecule is C[C@@H](C(=O)Oc1ccccc1)N1C(=O)[C@@H]2CC=CC[C@H]2C1=O. The molecule has 0 radical (unpaired) electrons. The van der Waals surface area contributed by atoms with E-state index in [-0.39, 0.29) is 23.7 Å². The topological polar surface area (TPSA) is 63.7 Å². The summed E-state index contributed by atoms with van der Waals surface area (Å²) in [7, 11) is 0. The Kier molecular flexibility index (Phi) is 3.79. The molecular formula is C17H17NO4. The third-order valence-electron chi connectivity index (χ3n) is 4.23. The average molecular weight is 299 g/mol. The first-order valence-electron chi connectivity index (χ1n) is 7.38. The monoisotopic (exact) mass is 299 g/mol. The van der Waals surface area contributed by atoms with Crippen LogP contribution in [0.1, 0.15) is 19.8 Å². The molecule has 5 nitrogen and oxygen atoms in total. The quantitative estimate of drug-likeness (QED) is 0.370. The Hall–Kier alpha value is -2.43. The molecule has 1 aromatic carbocycles. The van der Waals surface area contributed by atoms with Crippen LogP contribution in [0.15, 0.2) is 42.5 Å². The van der Waals surface area contributed by atoms with E-state index in [0.717, 1.165) is 4.90 Å². The molecule has 0 spiro atoms. The van der Waals surface area contributed by atoms with Crippen LogP contribution in [-0.2, 0) is 14.4 Å². The highest BCUT2D eigenvalue weighted by molar-refractivity contribution is 6.08. The number of fused-ring (bicyclic) bond motifs is 1. The molecule has 1 fully saturated rings. The summed E-state index contributed by atoms with van der Waals surface area (Å²) in [6, 6.07) is 7.71. The normalized spacial score (nSPS) is 25.0. The third kappa shape index (κ3) is 2.43. The van der Waals surface area contributed by atoms with E-state index in [9.17, 15) is 14.4 Å². The molecule has 114 valence electrons. The second-order valence-electron chi connectivity index (χ2n) is 5.61. The van der Waals surface area contributed by atoms with Crippen LogP contribution in [0.3, 0.4) is 0 Å². The van der Waals surface area contributed by atoms with Crippen LogP contribution in [0.4, 0.5) is 0 Å². The lowest BCUT2D eigenvalue weighted by atomic mass is 9.85. The molecule has 22 heavy (non-hydrogen) atoms. The molecule has 3 rings (SSSR count). The summed E-state index contributed by atoms with van der Waals surface area (Å²) in [6.45, 7) is 1.53. The van der Waals surface area contributed by atoms with Gasteiger partial charge in [0.2, 0.25) is 11.8 Å². The van der Waals surface area contributed by atoms with Crippen molar-refractivity contribution in [1.82, 2.24) is 4.90 Å². The van der Waals surface area contributed by atoms with Gasteiger partial charge in [0, 0.05) is 0 Å². The van der Waals surface area contributed by atoms with Crippen LogP contribution in [0.2, 0.25) is 0 Å². The lowest BCUT2D eigenvalue weighted by molar-refractivity contribution is -0.152. The van der Waals surface area contributed by atoms with Gasteiger partial charge in [-0.15, -0.1) is 0 Å². The van der Waals surface area contributed by atoms with Crippen LogP contribution in [-0.4, -0.2) is 28.7 Å². The van der Waals surface area contributed by atoms with Crippen molar-refractivity contribution in [3.8, 4) is 5.75 Å². The van der Waals surface area contributed by atoms with Crippen LogP contribution in [0.5, 0.6) is 5.75 Å². The molecule has 1 aromatic rings. The van der Waals surface area contributed by atoms with Crippen LogP contribution < -0.4 is 4.74 Å². The van der Waals surface area contributed by atoms with E-state index in [0.29, 0.717) is 18.6 Å². The molecule has 1 saturated heterocycles. The number of benzene rings is 1. The van der Waals surface area contributed by atoms with E-state index in [1.54, 1.807) is 24.3 Å². The van der Waals surface area contributed by atoms with Gasteiger partial charge in [-0.1, -0.05) is 30.4 Å². The van der Waals surface area contributed by atoms with E-state index in [2.05, 4.69) is 0 Å². The second kappa shape index (κ2) is 5.75. The maximum Gasteiger partial charge on any atom is 0.334 e. The van der Waals surface area contributed by atoms with Crippen molar-refractivity contribution in [3.63, 3.8) is 0 Å². The predicted octanol–water partition coefficient (Wildman–Crippen LogP) is 1.93. The van der Waals surface area contributed by atoms with Gasteiger partial charge in [-0.2, -0.15) is 0 Å². The average Bonchev–Trinajstić information content (AvgIpc) is 2.79. The molecule has 0 bridgehead atoms. The number of carbonyl (C=O) groups is 3. The van der Waals surface area contributed by atoms with E-state index < -0.39 is 12.0 Å². The summed E-state index contributed by atoms with van der Waals surface area (Å²) < 4.78 is 5.24. The minimum atomic E-state index is -0.911. The van der Waals surface area contributed by atoms with Gasteiger partial charge in [0.15, 0.2) is 0 Å². The molecule has 3 atom stereocenters. The first-order chi connectivity index (χ1) is 10.6. The number of hydrogen-bond donors (Lipinski definition) is 0. The largest absolute Gasteiger partial charge is 0.425 e. The Labute approximate surface area is 128 Å². The molecule has 2 amide bonds. The van der Waals surface area contributed by atoms with Crippen LogP contribution >= 0.6 is 0 Å². The smallest absolute Gasteiger partial charge is 0.334 e. The summed E-state index contributed by atoms with van der Waals surface area (Å²) in [4.78, 5) is 38.1. The van der Waals surface area contributed by atoms with E-state index in [1.165, 1.54) is 6.92 Å². The number of para-hydroxylation sites is 1. The van der Waals surface area contributed by atoms with E-state index >= 15 is 0 Å². The van der Waals surface area contributed by atoms with Crippen molar-refractivity contribution in [2.45, 2.75) is 25.8 Å². The number of allylic oxidation sites excluding steroid dienone is 2. The first-order valence-corrected chi connectivity index (χ1v) is 7.38. The van der Waals surface area contributed by atoms with Gasteiger partial charge in [0.05, 0.1) is 11.8 Å². The minimum Gasteiger partial charge on any atom is -0.425 e. The zero-order chi connectivity index (χ0) is 15.7. The van der Waals surface area contributed by atoms with Crippen molar-refractivity contribution in [3.05, 3.63) is 42.5 Å². The predicted molar refractivity (Wildman–Crippen MR) is 78.7 cm³/mol. The van der Waals surface area contributed by atoms with Crippen molar-refractivity contribution in [1.29, 1.82) is 0 Å². The Morgan fingerprint density at radius 3 is 2.18 bits per heavy atom. The number of amides is 2. The molecule has 1 aliphatic heterocycles. The van der Waals surface area contributed by atoms with E-state index in [1.807, 2.05) is 18.2 Å². The number of hydrogen-bond acceptors (Lipinski definition) is 4. The van der Waals surface area contributed by atoms with Crippen molar-refractivity contribution >= 4 is 17.8 Å². The number of imide groups is 1. The van der Waals surface area contributed by atoms with Gasteiger partial charge in [0.1, 0.15) is 11.8 Å². The third-order valence-corrected chi connectivity index (χ3v) is 4.23. The molecule has 0 unspecified atom stereocenters. The molecular weight excluding hydrogens is 282 g/mol. The fourth-order valence-electron chi connectivity index (χ4n) is 3.00. The van der Waals surface area contributed by atoms with Crippen molar-refractivity contribution < 1.29 is 19.1 Å². The highest BCUT2D eigenvalue weighted by Crippen LogP contribution is 2.36. The standard InChI is InChI=1S/C17H17NO4/c1-11(17(21)22-12-7-3-2-4-8-12)18-15(19)13-9-5-6-10-14(13)16(18)20/h2-8,11,13-14H,9-10H2,1H3/t11-,13+,14+/m0/s1. The summed E-state index contributed by atoms with van der Waals surface area (Å²) >= 11 is 0. The maximum absolute atomic E-state index is 12.4.